The smallest absolute Gasteiger partial charge is 0.0944 e. The molecule has 116 valence electrons. The zero-order chi connectivity index (χ0) is 15.7. The maximum absolute atomic E-state index is 4.82. The predicted molar refractivity (Wildman–Crippen MR) is 94.0 cm³/mol. The van der Waals surface area contributed by atoms with Crippen LogP contribution in [0.2, 0.25) is 0 Å². The van der Waals surface area contributed by atoms with E-state index in [9.17, 15) is 0 Å². The molecule has 0 spiro atoms. The molecule has 0 saturated heterocycles. The maximum Gasteiger partial charge on any atom is 0.0944 e. The number of hydrogen-bond donors (Lipinski definition) is 1. The normalized spacial score (nSPS) is 15.6. The molecule has 1 heterocycles. The Kier molecular flexibility index (Phi) is 4.74. The summed E-state index contributed by atoms with van der Waals surface area (Å²) in [5.74, 6) is 0.611. The largest absolute Gasteiger partial charge is 0.312 e. The van der Waals surface area contributed by atoms with Gasteiger partial charge in [-0.25, -0.2) is 4.98 Å². The first-order valence-corrected chi connectivity index (χ1v) is 8.61. The molecule has 0 fully saturated rings. The van der Waals surface area contributed by atoms with Crippen molar-refractivity contribution in [2.75, 3.05) is 6.54 Å². The molecule has 0 radical (unpaired) electrons. The van der Waals surface area contributed by atoms with Crippen LogP contribution in [0.15, 0.2) is 24.3 Å². The molecule has 2 aromatic rings. The number of thiazole rings is 1. The minimum atomic E-state index is 0.156. The molecule has 21 heavy (non-hydrogen) atoms. The third-order valence-electron chi connectivity index (χ3n) is 4.31. The summed E-state index contributed by atoms with van der Waals surface area (Å²) in [4.78, 5) is 4.82. The number of aromatic nitrogens is 1. The monoisotopic (exact) mass is 304 g/mol. The number of rotatable bonds is 5. The summed E-state index contributed by atoms with van der Waals surface area (Å²) in [5.41, 5.74) is 1.51. The lowest BCUT2D eigenvalue weighted by atomic mass is 9.76. The Labute approximate surface area is 133 Å². The van der Waals surface area contributed by atoms with Crippen molar-refractivity contribution in [2.24, 2.45) is 11.3 Å². The van der Waals surface area contributed by atoms with Gasteiger partial charge in [0, 0.05) is 18.5 Å². The van der Waals surface area contributed by atoms with E-state index in [0.29, 0.717) is 5.92 Å². The van der Waals surface area contributed by atoms with E-state index >= 15 is 0 Å². The fourth-order valence-corrected chi connectivity index (χ4v) is 3.44. The van der Waals surface area contributed by atoms with E-state index < -0.39 is 0 Å². The zero-order valence-corrected chi connectivity index (χ0v) is 15.0. The van der Waals surface area contributed by atoms with E-state index in [1.54, 1.807) is 0 Å². The fourth-order valence-electron chi connectivity index (χ4n) is 2.28. The van der Waals surface area contributed by atoms with Crippen LogP contribution in [0.3, 0.4) is 0 Å². The molecule has 1 atom stereocenters. The summed E-state index contributed by atoms with van der Waals surface area (Å²) in [6.45, 7) is 14.7. The van der Waals surface area contributed by atoms with Gasteiger partial charge in [0.15, 0.2) is 0 Å². The lowest BCUT2D eigenvalue weighted by molar-refractivity contribution is 0.188. The minimum absolute atomic E-state index is 0.156. The van der Waals surface area contributed by atoms with Crippen molar-refractivity contribution < 1.29 is 0 Å². The van der Waals surface area contributed by atoms with Gasteiger partial charge in [0.25, 0.3) is 0 Å². The first-order chi connectivity index (χ1) is 9.70. The summed E-state index contributed by atoms with van der Waals surface area (Å²) in [6.07, 6.45) is 1.03. The van der Waals surface area contributed by atoms with Crippen LogP contribution in [0.4, 0.5) is 0 Å². The molecule has 0 aliphatic carbocycles. The number of fused-ring (bicyclic) bond motifs is 1. The van der Waals surface area contributed by atoms with E-state index in [-0.39, 0.29) is 11.0 Å². The van der Waals surface area contributed by atoms with Crippen molar-refractivity contribution in [2.45, 2.75) is 53.5 Å². The van der Waals surface area contributed by atoms with Crippen molar-refractivity contribution in [3.63, 3.8) is 0 Å². The van der Waals surface area contributed by atoms with Gasteiger partial charge in [0.2, 0.25) is 0 Å². The molecule has 0 aliphatic rings. The highest BCUT2D eigenvalue weighted by atomic mass is 32.1. The van der Waals surface area contributed by atoms with Crippen LogP contribution >= 0.6 is 11.3 Å². The molecule has 3 heteroatoms. The zero-order valence-electron chi connectivity index (χ0n) is 14.2. The first-order valence-electron chi connectivity index (χ1n) is 7.79. The predicted octanol–water partition coefficient (Wildman–Crippen LogP) is 4.89. The van der Waals surface area contributed by atoms with Crippen LogP contribution in [0.25, 0.3) is 10.2 Å². The van der Waals surface area contributed by atoms with Gasteiger partial charge in [0.05, 0.1) is 15.2 Å². The van der Waals surface area contributed by atoms with Crippen molar-refractivity contribution >= 4 is 21.6 Å². The number of nitrogens with zero attached hydrogens (tertiary/aromatic N) is 1. The van der Waals surface area contributed by atoms with Crippen molar-refractivity contribution in [3.05, 3.63) is 29.3 Å². The Hall–Kier alpha value is -0.930. The SMILES string of the molecule is CC(C)C(C)(CNC(C)(C)C)Cc1nc2ccccc2s1. The number of nitrogens with one attached hydrogen (secondary N) is 1. The van der Waals surface area contributed by atoms with Crippen LogP contribution in [0.5, 0.6) is 0 Å². The summed E-state index contributed by atoms with van der Waals surface area (Å²) in [5, 5.41) is 4.93. The number of hydrogen-bond acceptors (Lipinski definition) is 3. The third kappa shape index (κ3) is 4.27. The van der Waals surface area contributed by atoms with Gasteiger partial charge < -0.3 is 5.32 Å². The topological polar surface area (TPSA) is 24.9 Å². The van der Waals surface area contributed by atoms with Gasteiger partial charge in [-0.15, -0.1) is 11.3 Å². The number of para-hydroxylation sites is 1. The Morgan fingerprint density at radius 2 is 1.81 bits per heavy atom. The molecule has 0 aliphatic heterocycles. The fraction of sp³-hybridized carbons (Fsp3) is 0.611. The van der Waals surface area contributed by atoms with Gasteiger partial charge in [-0.1, -0.05) is 32.9 Å². The van der Waals surface area contributed by atoms with Gasteiger partial charge in [-0.05, 0) is 44.2 Å². The molecule has 1 unspecified atom stereocenters. The van der Waals surface area contributed by atoms with Crippen LogP contribution in [0.1, 0.15) is 46.6 Å². The standard InChI is InChI=1S/C18H28N2S/c1-13(2)18(6,12-19-17(3,4)5)11-16-20-14-9-7-8-10-15(14)21-16/h7-10,13,19H,11-12H2,1-6H3. The van der Waals surface area contributed by atoms with Gasteiger partial charge >= 0.3 is 0 Å². The third-order valence-corrected chi connectivity index (χ3v) is 5.35. The van der Waals surface area contributed by atoms with E-state index in [2.05, 4.69) is 71.1 Å². The minimum Gasteiger partial charge on any atom is -0.312 e. The van der Waals surface area contributed by atoms with Crippen LogP contribution in [-0.2, 0) is 6.42 Å². The average molecular weight is 305 g/mol. The summed E-state index contributed by atoms with van der Waals surface area (Å²) in [7, 11) is 0. The molecule has 1 aromatic heterocycles. The molecule has 2 nitrogen and oxygen atoms in total. The Balaban J connectivity index is 2.18. The van der Waals surface area contributed by atoms with Crippen LogP contribution in [-0.4, -0.2) is 17.1 Å². The summed E-state index contributed by atoms with van der Waals surface area (Å²) in [6, 6.07) is 8.42. The highest BCUT2D eigenvalue weighted by Crippen LogP contribution is 2.34. The van der Waals surface area contributed by atoms with E-state index in [4.69, 9.17) is 4.98 Å². The maximum atomic E-state index is 4.82. The highest BCUT2D eigenvalue weighted by Gasteiger charge is 2.31. The Morgan fingerprint density at radius 1 is 1.14 bits per heavy atom. The van der Waals surface area contributed by atoms with Crippen molar-refractivity contribution in [1.82, 2.24) is 10.3 Å². The van der Waals surface area contributed by atoms with Crippen molar-refractivity contribution in [1.29, 1.82) is 0 Å². The molecule has 2 rings (SSSR count). The van der Waals surface area contributed by atoms with Crippen LogP contribution in [0, 0.1) is 11.3 Å². The van der Waals surface area contributed by atoms with E-state index in [0.717, 1.165) is 18.5 Å². The van der Waals surface area contributed by atoms with Crippen molar-refractivity contribution in [3.8, 4) is 0 Å². The Bertz CT molecular complexity index is 562. The van der Waals surface area contributed by atoms with E-state index in [1.165, 1.54) is 9.71 Å². The summed E-state index contributed by atoms with van der Waals surface area (Å²) < 4.78 is 1.29. The second-order valence-corrected chi connectivity index (χ2v) is 8.78. The van der Waals surface area contributed by atoms with Gasteiger partial charge in [-0.2, -0.15) is 0 Å². The second-order valence-electron chi connectivity index (χ2n) is 7.66. The molecule has 0 amide bonds. The number of benzene rings is 1. The molecule has 0 bridgehead atoms. The summed E-state index contributed by atoms with van der Waals surface area (Å²) >= 11 is 1.84. The molecule has 1 N–H and O–H groups in total. The Morgan fingerprint density at radius 3 is 2.38 bits per heavy atom. The second kappa shape index (κ2) is 6.05. The highest BCUT2D eigenvalue weighted by molar-refractivity contribution is 7.18. The molecular weight excluding hydrogens is 276 g/mol. The lowest BCUT2D eigenvalue weighted by Gasteiger charge is -2.36. The first kappa shape index (κ1) is 16.4. The molecule has 0 saturated carbocycles. The molecular formula is C18H28N2S. The van der Waals surface area contributed by atoms with Gasteiger partial charge in [0.1, 0.15) is 0 Å². The molecule has 1 aromatic carbocycles. The quantitative estimate of drug-likeness (QED) is 0.850. The van der Waals surface area contributed by atoms with Crippen LogP contribution < -0.4 is 5.32 Å². The lowest BCUT2D eigenvalue weighted by Crippen LogP contribution is -2.45. The average Bonchev–Trinajstić information content (AvgIpc) is 2.77. The van der Waals surface area contributed by atoms with E-state index in [1.807, 2.05) is 11.3 Å². The van der Waals surface area contributed by atoms with Gasteiger partial charge in [-0.3, -0.25) is 0 Å².